The summed E-state index contributed by atoms with van der Waals surface area (Å²) in [6, 6.07) is 17.6. The van der Waals surface area contributed by atoms with Gasteiger partial charge < -0.3 is 24.8 Å². The summed E-state index contributed by atoms with van der Waals surface area (Å²) in [5.74, 6) is 1.01. The van der Waals surface area contributed by atoms with Crippen molar-refractivity contribution in [3.8, 4) is 0 Å². The van der Waals surface area contributed by atoms with E-state index in [2.05, 4.69) is 137 Å². The van der Waals surface area contributed by atoms with E-state index in [9.17, 15) is 0 Å². The number of hydrogen-bond donors (Lipinski definition) is 0. The molecule has 0 nitrogen and oxygen atoms in total. The maximum absolute atomic E-state index is 3.58. The van der Waals surface area contributed by atoms with E-state index in [1.54, 1.807) is 0 Å². The number of halogens is 2. The van der Waals surface area contributed by atoms with Crippen LogP contribution in [0.1, 0.15) is 100 Å². The fourth-order valence-corrected chi connectivity index (χ4v) is 7.43. The van der Waals surface area contributed by atoms with Gasteiger partial charge in [-0.25, -0.2) is 23.3 Å². The second kappa shape index (κ2) is 15.7. The summed E-state index contributed by atoms with van der Waals surface area (Å²) < 4.78 is 0. The summed E-state index contributed by atoms with van der Waals surface area (Å²) in [5.41, 5.74) is 9.03. The van der Waals surface area contributed by atoms with Crippen molar-refractivity contribution in [1.29, 1.82) is 0 Å². The first kappa shape index (κ1) is 35.5. The number of rotatable bonds is 8. The molecular weight excluding hydrogens is 619 g/mol. The minimum atomic E-state index is 0. The molecule has 0 fully saturated rings. The second-order valence-corrected chi connectivity index (χ2v) is 11.1. The topological polar surface area (TPSA) is 0 Å². The standard InChI is InChI=1S/2C19H21.2ClH.Zr/c2*1-3-19(4-2,16-10-6-7-11-16)18-14-13-15-9-5-8-12-17(15)18;;;/h2*5-6,8-10,12-14,18H,3-4,7H2,1-2H3;2*1H;/q2*-1;;;+4/p-2. The number of benzene rings is 2. The number of allylic oxidation sites excluding steroid dienone is 10. The SMILES string of the molecule is CCC(CC)(C1=[C-]CC=C1)C1C=Cc2ccccc21.CCC(CC)(C1=[C-]CC=C1)C1C=Cc2ccccc21.[Cl-].[Cl-].[Zr+4]. The van der Waals surface area contributed by atoms with Crippen LogP contribution in [-0.2, 0) is 26.2 Å². The molecule has 3 heteroatoms. The van der Waals surface area contributed by atoms with Crippen LogP contribution >= 0.6 is 0 Å². The Balaban J connectivity index is 0.000000267. The van der Waals surface area contributed by atoms with Gasteiger partial charge in [0.2, 0.25) is 0 Å². The fourth-order valence-electron chi connectivity index (χ4n) is 7.43. The van der Waals surface area contributed by atoms with Crippen LogP contribution in [0.15, 0.2) is 96.1 Å². The summed E-state index contributed by atoms with van der Waals surface area (Å²) in [4.78, 5) is 0. The van der Waals surface area contributed by atoms with E-state index in [0.717, 1.165) is 12.8 Å². The summed E-state index contributed by atoms with van der Waals surface area (Å²) in [5, 5.41) is 0. The van der Waals surface area contributed by atoms with Crippen LogP contribution in [0.2, 0.25) is 0 Å². The Bertz CT molecular complexity index is 1230. The van der Waals surface area contributed by atoms with Crippen molar-refractivity contribution < 1.29 is 51.0 Å². The van der Waals surface area contributed by atoms with Crippen LogP contribution in [0.3, 0.4) is 0 Å². The largest absolute Gasteiger partial charge is 4.00 e. The van der Waals surface area contributed by atoms with Gasteiger partial charge in [-0.3, -0.25) is 12.2 Å². The Morgan fingerprint density at radius 1 is 0.585 bits per heavy atom. The van der Waals surface area contributed by atoms with Gasteiger partial charge in [-0.15, -0.1) is 12.8 Å². The zero-order valence-corrected chi connectivity index (χ0v) is 28.9. The Labute approximate surface area is 280 Å². The third-order valence-corrected chi connectivity index (χ3v) is 9.78. The molecule has 0 spiro atoms. The molecular formula is C38H42Cl2Zr. The molecule has 0 N–H and O–H groups in total. The first-order chi connectivity index (χ1) is 18.6. The Kier molecular flexibility index (Phi) is 13.6. The Morgan fingerprint density at radius 3 is 1.27 bits per heavy atom. The molecule has 4 aliphatic carbocycles. The maximum Gasteiger partial charge on any atom is 4.00 e. The third kappa shape index (κ3) is 6.49. The molecule has 0 saturated carbocycles. The van der Waals surface area contributed by atoms with Crippen LogP contribution in [-0.4, -0.2) is 0 Å². The molecule has 0 heterocycles. The van der Waals surface area contributed by atoms with Gasteiger partial charge in [0.05, 0.1) is 0 Å². The quantitative estimate of drug-likeness (QED) is 0.364. The van der Waals surface area contributed by atoms with Crippen molar-refractivity contribution >= 4 is 12.2 Å². The van der Waals surface area contributed by atoms with Crippen LogP contribution in [0.4, 0.5) is 0 Å². The molecule has 2 atom stereocenters. The molecule has 212 valence electrons. The summed E-state index contributed by atoms with van der Waals surface area (Å²) >= 11 is 0. The molecule has 2 unspecified atom stereocenters. The van der Waals surface area contributed by atoms with Crippen molar-refractivity contribution in [3.05, 3.63) is 131 Å². The zero-order chi connectivity index (χ0) is 26.6. The van der Waals surface area contributed by atoms with Gasteiger partial charge >= 0.3 is 26.2 Å². The molecule has 4 aliphatic rings. The van der Waals surface area contributed by atoms with E-state index in [4.69, 9.17) is 0 Å². The van der Waals surface area contributed by atoms with Crippen molar-refractivity contribution in [2.75, 3.05) is 0 Å². The van der Waals surface area contributed by atoms with Gasteiger partial charge in [0, 0.05) is 11.8 Å². The molecule has 0 amide bonds. The molecule has 0 saturated heterocycles. The van der Waals surface area contributed by atoms with Crippen LogP contribution in [0, 0.1) is 23.0 Å². The first-order valence-corrected chi connectivity index (χ1v) is 14.7. The smallest absolute Gasteiger partial charge is 1.00 e. The van der Waals surface area contributed by atoms with E-state index in [0.29, 0.717) is 11.8 Å². The van der Waals surface area contributed by atoms with Crippen LogP contribution in [0.25, 0.3) is 12.2 Å². The van der Waals surface area contributed by atoms with Gasteiger partial charge in [-0.2, -0.15) is 12.2 Å². The average molecular weight is 661 g/mol. The molecule has 0 radical (unpaired) electrons. The van der Waals surface area contributed by atoms with E-state index in [-0.39, 0.29) is 61.8 Å². The van der Waals surface area contributed by atoms with E-state index in [1.807, 2.05) is 0 Å². The van der Waals surface area contributed by atoms with E-state index in [1.165, 1.54) is 59.1 Å². The van der Waals surface area contributed by atoms with E-state index >= 15 is 0 Å². The summed E-state index contributed by atoms with van der Waals surface area (Å²) in [7, 11) is 0. The molecule has 2 aromatic carbocycles. The minimum Gasteiger partial charge on any atom is -1.00 e. The Morgan fingerprint density at radius 2 is 0.951 bits per heavy atom. The van der Waals surface area contributed by atoms with Gasteiger partial charge in [-0.1, -0.05) is 101 Å². The fraction of sp³-hybridized carbons (Fsp3) is 0.368. The normalized spacial score (nSPS) is 19.2. The Hall–Kier alpha value is -1.66. The van der Waals surface area contributed by atoms with Crippen molar-refractivity contribution in [1.82, 2.24) is 0 Å². The van der Waals surface area contributed by atoms with Crippen molar-refractivity contribution in [2.45, 2.75) is 78.1 Å². The molecule has 0 bridgehead atoms. The maximum atomic E-state index is 3.58. The minimum absolute atomic E-state index is 0. The van der Waals surface area contributed by atoms with E-state index < -0.39 is 0 Å². The third-order valence-electron chi connectivity index (χ3n) is 9.78. The van der Waals surface area contributed by atoms with Gasteiger partial charge in [0.15, 0.2) is 0 Å². The first-order valence-electron chi connectivity index (χ1n) is 14.7. The second-order valence-electron chi connectivity index (χ2n) is 11.1. The van der Waals surface area contributed by atoms with Gasteiger partial charge in [-0.05, 0) is 58.8 Å². The van der Waals surface area contributed by atoms with Gasteiger partial charge in [0.1, 0.15) is 0 Å². The average Bonchev–Trinajstić information content (AvgIpc) is 3.79. The molecule has 6 rings (SSSR count). The van der Waals surface area contributed by atoms with Gasteiger partial charge in [0.25, 0.3) is 0 Å². The molecule has 0 aliphatic heterocycles. The number of hydrogen-bond acceptors (Lipinski definition) is 0. The summed E-state index contributed by atoms with van der Waals surface area (Å²) in [6.45, 7) is 9.27. The van der Waals surface area contributed by atoms with Crippen molar-refractivity contribution in [3.63, 3.8) is 0 Å². The van der Waals surface area contributed by atoms with Crippen LogP contribution < -0.4 is 24.8 Å². The van der Waals surface area contributed by atoms with Crippen LogP contribution in [0.5, 0.6) is 0 Å². The molecule has 2 aromatic rings. The summed E-state index contributed by atoms with van der Waals surface area (Å²) in [6.07, 6.45) is 32.2. The monoisotopic (exact) mass is 658 g/mol. The number of fused-ring (bicyclic) bond motifs is 2. The van der Waals surface area contributed by atoms with Crippen molar-refractivity contribution in [2.24, 2.45) is 10.8 Å². The molecule has 41 heavy (non-hydrogen) atoms. The molecule has 0 aromatic heterocycles. The predicted molar refractivity (Wildman–Crippen MR) is 163 cm³/mol. The predicted octanol–water partition coefficient (Wildman–Crippen LogP) is 4.59. The zero-order valence-electron chi connectivity index (χ0n) is 24.9.